The zero-order valence-corrected chi connectivity index (χ0v) is 16.0. The third kappa shape index (κ3) is 3.75. The maximum absolute atomic E-state index is 14.1. The Kier molecular flexibility index (Phi) is 4.98. The maximum Gasteiger partial charge on any atom is 0.274 e. The number of hydrogen-bond donors (Lipinski definition) is 2. The molecule has 2 N–H and O–H groups in total. The van der Waals surface area contributed by atoms with Crippen LogP contribution >= 0.6 is 0 Å². The number of benzene rings is 1. The van der Waals surface area contributed by atoms with E-state index in [4.69, 9.17) is 0 Å². The van der Waals surface area contributed by atoms with Crippen LogP contribution in [0.2, 0.25) is 0 Å². The summed E-state index contributed by atoms with van der Waals surface area (Å²) >= 11 is 0. The van der Waals surface area contributed by atoms with Crippen molar-refractivity contribution in [3.8, 4) is 5.75 Å². The van der Waals surface area contributed by atoms with Crippen molar-refractivity contribution in [1.82, 2.24) is 14.8 Å². The minimum Gasteiger partial charge on any atom is -0.503 e. The summed E-state index contributed by atoms with van der Waals surface area (Å²) in [6.07, 6.45) is -0.214. The van der Waals surface area contributed by atoms with E-state index in [-0.39, 0.29) is 25.2 Å². The molecular weight excluding hydrogens is 422 g/mol. The molecule has 0 saturated carbocycles. The third-order valence-electron chi connectivity index (χ3n) is 5.51. The number of nitrogens with one attached hydrogen (secondary N) is 1. The number of aromatic nitrogens is 1. The Morgan fingerprint density at radius 2 is 2.00 bits per heavy atom. The number of aromatic hydroxyl groups is 1. The quantitative estimate of drug-likeness (QED) is 0.718. The van der Waals surface area contributed by atoms with Crippen molar-refractivity contribution < 1.29 is 32.3 Å². The average molecular weight is 439 g/mol. The van der Waals surface area contributed by atoms with Crippen LogP contribution in [0.15, 0.2) is 29.2 Å². The molecule has 1 fully saturated rings. The molecule has 2 aliphatic heterocycles. The van der Waals surface area contributed by atoms with Gasteiger partial charge in [0.2, 0.25) is 5.43 Å². The summed E-state index contributed by atoms with van der Waals surface area (Å²) in [4.78, 5) is 38.8. The van der Waals surface area contributed by atoms with Crippen molar-refractivity contribution in [2.24, 2.45) is 0 Å². The highest BCUT2D eigenvalue weighted by Crippen LogP contribution is 2.38. The first-order chi connectivity index (χ1) is 14.6. The Labute approximate surface area is 172 Å². The van der Waals surface area contributed by atoms with E-state index in [9.17, 15) is 37.1 Å². The minimum absolute atomic E-state index is 0.0498. The molecule has 0 aliphatic carbocycles. The van der Waals surface area contributed by atoms with Crippen LogP contribution in [0.4, 0.5) is 17.6 Å². The highest BCUT2D eigenvalue weighted by Gasteiger charge is 2.44. The Hall–Kier alpha value is -3.37. The smallest absolute Gasteiger partial charge is 0.274 e. The van der Waals surface area contributed by atoms with Crippen LogP contribution in [0.25, 0.3) is 0 Å². The van der Waals surface area contributed by atoms with Crippen LogP contribution in [-0.4, -0.2) is 45.4 Å². The zero-order valence-electron chi connectivity index (χ0n) is 16.0. The van der Waals surface area contributed by atoms with Crippen LogP contribution in [0, 0.1) is 11.6 Å². The van der Waals surface area contributed by atoms with Gasteiger partial charge in [-0.25, -0.2) is 17.6 Å². The molecule has 1 unspecified atom stereocenters. The summed E-state index contributed by atoms with van der Waals surface area (Å²) in [7, 11) is 0. The molecular formula is C20H17F4N3O4. The maximum atomic E-state index is 14.1. The molecule has 1 saturated heterocycles. The van der Waals surface area contributed by atoms with Gasteiger partial charge in [-0.1, -0.05) is 6.07 Å². The van der Waals surface area contributed by atoms with E-state index in [1.165, 1.54) is 0 Å². The number of hydrogen-bond acceptors (Lipinski definition) is 4. The van der Waals surface area contributed by atoms with Crippen LogP contribution in [0.1, 0.15) is 45.3 Å². The number of carbonyl (C=O) groups excluding carboxylic acids is 2. The second kappa shape index (κ2) is 7.40. The normalized spacial score (nSPS) is 19.5. The molecule has 1 aromatic carbocycles. The van der Waals surface area contributed by atoms with E-state index in [1.807, 2.05) is 0 Å². The van der Waals surface area contributed by atoms with Gasteiger partial charge < -0.3 is 19.9 Å². The number of fused-ring (bicyclic) bond motifs is 4. The molecule has 7 nitrogen and oxygen atoms in total. The summed E-state index contributed by atoms with van der Waals surface area (Å²) in [6, 6.07) is 1.79. The fraction of sp³-hybridized carbons (Fsp3) is 0.350. The van der Waals surface area contributed by atoms with Crippen molar-refractivity contribution in [2.75, 3.05) is 13.1 Å². The highest BCUT2D eigenvalue weighted by atomic mass is 19.3. The summed E-state index contributed by atoms with van der Waals surface area (Å²) in [5.74, 6) is -7.56. The third-order valence-corrected chi connectivity index (χ3v) is 5.51. The van der Waals surface area contributed by atoms with E-state index < -0.39 is 70.7 Å². The van der Waals surface area contributed by atoms with Gasteiger partial charge >= 0.3 is 0 Å². The van der Waals surface area contributed by atoms with E-state index in [0.717, 1.165) is 27.8 Å². The zero-order chi connectivity index (χ0) is 22.5. The molecule has 0 spiro atoms. The van der Waals surface area contributed by atoms with Gasteiger partial charge in [-0.15, -0.1) is 0 Å². The highest BCUT2D eigenvalue weighted by molar-refractivity contribution is 5.99. The lowest BCUT2D eigenvalue weighted by molar-refractivity contribution is -0.0202. The fourth-order valence-corrected chi connectivity index (χ4v) is 3.89. The average Bonchev–Trinajstić information content (AvgIpc) is 2.84. The van der Waals surface area contributed by atoms with Gasteiger partial charge in [-0.05, 0) is 6.07 Å². The van der Waals surface area contributed by atoms with Crippen molar-refractivity contribution in [3.05, 3.63) is 63.1 Å². The van der Waals surface area contributed by atoms with Crippen molar-refractivity contribution in [2.45, 2.75) is 31.4 Å². The van der Waals surface area contributed by atoms with Gasteiger partial charge in [0.05, 0.1) is 6.04 Å². The number of carbonyl (C=O) groups is 2. The van der Waals surface area contributed by atoms with Crippen LogP contribution in [0.5, 0.6) is 5.75 Å². The van der Waals surface area contributed by atoms with Gasteiger partial charge in [0.15, 0.2) is 11.4 Å². The monoisotopic (exact) mass is 439 g/mol. The van der Waals surface area contributed by atoms with Crippen LogP contribution in [-0.2, 0) is 6.54 Å². The molecule has 1 atom stereocenters. The Morgan fingerprint density at radius 1 is 1.26 bits per heavy atom. The SMILES string of the molecule is O=C(NCc1ccc(F)cc1F)c1cn2c(c(O)c1=O)C(=O)N1CCC(F)(F)CC2C1. The Morgan fingerprint density at radius 3 is 2.71 bits per heavy atom. The van der Waals surface area contributed by atoms with E-state index in [0.29, 0.717) is 6.07 Å². The van der Waals surface area contributed by atoms with E-state index in [1.54, 1.807) is 0 Å². The van der Waals surface area contributed by atoms with Crippen molar-refractivity contribution in [1.29, 1.82) is 0 Å². The number of nitrogens with zero attached hydrogens (tertiary/aromatic N) is 2. The Balaban J connectivity index is 1.68. The van der Waals surface area contributed by atoms with E-state index >= 15 is 0 Å². The molecule has 164 valence electrons. The number of pyridine rings is 1. The molecule has 3 heterocycles. The lowest BCUT2D eigenvalue weighted by atomic mass is 10.0. The second-order valence-corrected chi connectivity index (χ2v) is 7.61. The summed E-state index contributed by atoms with van der Waals surface area (Å²) in [5, 5.41) is 12.6. The first-order valence-corrected chi connectivity index (χ1v) is 9.45. The first kappa shape index (κ1) is 20.9. The van der Waals surface area contributed by atoms with Gasteiger partial charge in [0.25, 0.3) is 17.7 Å². The standard InChI is InChI=1S/C20H17F4N3O4/c21-11-2-1-10(14(22)5-11)7-25-18(30)13-9-27-12-6-20(23,24)3-4-26(8-12)19(31)15(27)17(29)16(13)28/h1-2,5,9,12,29H,3-4,6-8H2,(H,25,30). The number of amides is 2. The van der Waals surface area contributed by atoms with Gasteiger partial charge in [-0.2, -0.15) is 0 Å². The van der Waals surface area contributed by atoms with Gasteiger partial charge in [0, 0.05) is 50.3 Å². The van der Waals surface area contributed by atoms with Gasteiger partial charge in [-0.3, -0.25) is 14.4 Å². The lowest BCUT2D eigenvalue weighted by Gasteiger charge is -2.34. The van der Waals surface area contributed by atoms with Crippen molar-refractivity contribution in [3.63, 3.8) is 0 Å². The molecule has 31 heavy (non-hydrogen) atoms. The van der Waals surface area contributed by atoms with E-state index in [2.05, 4.69) is 5.32 Å². The molecule has 2 aliphatic rings. The largest absolute Gasteiger partial charge is 0.503 e. The molecule has 2 amide bonds. The molecule has 11 heteroatoms. The minimum atomic E-state index is -3.07. The van der Waals surface area contributed by atoms with Crippen molar-refractivity contribution >= 4 is 11.8 Å². The topological polar surface area (TPSA) is 91.6 Å². The second-order valence-electron chi connectivity index (χ2n) is 7.61. The summed E-state index contributed by atoms with van der Waals surface area (Å²) in [6.45, 7) is -0.659. The molecule has 2 aromatic rings. The first-order valence-electron chi connectivity index (χ1n) is 9.45. The fourth-order valence-electron chi connectivity index (χ4n) is 3.89. The van der Waals surface area contributed by atoms with Gasteiger partial charge in [0.1, 0.15) is 17.2 Å². The van der Waals surface area contributed by atoms with Crippen LogP contribution < -0.4 is 10.7 Å². The van der Waals surface area contributed by atoms with Crippen LogP contribution in [0.3, 0.4) is 0 Å². The number of alkyl halides is 2. The number of halogens is 4. The molecule has 4 rings (SSSR count). The molecule has 2 bridgehead atoms. The Bertz CT molecular complexity index is 1150. The number of rotatable bonds is 3. The molecule has 1 aromatic heterocycles. The summed E-state index contributed by atoms with van der Waals surface area (Å²) in [5.41, 5.74) is -2.23. The predicted molar refractivity (Wildman–Crippen MR) is 99.0 cm³/mol. The molecule has 0 radical (unpaired) electrons. The predicted octanol–water partition coefficient (Wildman–Crippen LogP) is 2.19. The summed E-state index contributed by atoms with van der Waals surface area (Å²) < 4.78 is 56.0. The lowest BCUT2D eigenvalue weighted by Crippen LogP contribution is -2.44.